The van der Waals surface area contributed by atoms with E-state index in [2.05, 4.69) is 34.2 Å². The molecule has 0 radical (unpaired) electrons. The maximum atomic E-state index is 6.24. The number of likely N-dealkylation sites (tertiary alicyclic amines) is 1. The van der Waals surface area contributed by atoms with Gasteiger partial charge in [-0.2, -0.15) is 0 Å². The molecule has 0 amide bonds. The first kappa shape index (κ1) is 15.1. The second-order valence-electron chi connectivity index (χ2n) is 6.18. The third-order valence-corrected chi connectivity index (χ3v) is 5.01. The van der Waals surface area contributed by atoms with Crippen LogP contribution in [0.25, 0.3) is 0 Å². The van der Waals surface area contributed by atoms with Gasteiger partial charge in [-0.3, -0.25) is 4.90 Å². The molecule has 1 N–H and O–H groups in total. The van der Waals surface area contributed by atoms with Gasteiger partial charge in [-0.05, 0) is 56.6 Å². The van der Waals surface area contributed by atoms with E-state index in [1.54, 1.807) is 0 Å². The summed E-state index contributed by atoms with van der Waals surface area (Å²) in [7, 11) is 0. The van der Waals surface area contributed by atoms with E-state index in [1.165, 1.54) is 43.6 Å². The Hall–Kier alpha value is -0.770. The van der Waals surface area contributed by atoms with E-state index in [-0.39, 0.29) is 0 Å². The molecule has 3 rings (SSSR count). The molecule has 1 atom stereocenters. The second kappa shape index (κ2) is 6.99. The van der Waals surface area contributed by atoms with E-state index in [0.717, 1.165) is 37.2 Å². The van der Waals surface area contributed by atoms with Gasteiger partial charge in [0.1, 0.15) is 0 Å². The van der Waals surface area contributed by atoms with E-state index in [4.69, 9.17) is 11.6 Å². The number of hydrogen-bond acceptors (Lipinski definition) is 3. The minimum atomic E-state index is 0.735. The molecule has 2 saturated heterocycles. The monoisotopic (exact) mass is 307 g/mol. The van der Waals surface area contributed by atoms with Gasteiger partial charge in [-0.1, -0.05) is 24.6 Å². The molecular weight excluding hydrogens is 282 g/mol. The van der Waals surface area contributed by atoms with Crippen molar-refractivity contribution in [2.45, 2.75) is 38.8 Å². The van der Waals surface area contributed by atoms with Crippen LogP contribution in [0.1, 0.15) is 31.7 Å². The normalized spacial score (nSPS) is 23.1. The number of rotatable bonds is 5. The number of benzene rings is 1. The zero-order valence-corrected chi connectivity index (χ0v) is 13.7. The third-order valence-electron chi connectivity index (χ3n) is 4.77. The molecule has 0 aliphatic carbocycles. The molecular formula is C17H26ClN3. The van der Waals surface area contributed by atoms with Crippen molar-refractivity contribution in [1.82, 2.24) is 10.2 Å². The average Bonchev–Trinajstić information content (AvgIpc) is 3.16. The highest BCUT2D eigenvalue weighted by Gasteiger charge is 2.30. The van der Waals surface area contributed by atoms with Gasteiger partial charge < -0.3 is 10.2 Å². The first-order valence-corrected chi connectivity index (χ1v) is 8.64. The highest BCUT2D eigenvalue weighted by Crippen LogP contribution is 2.30. The van der Waals surface area contributed by atoms with Crippen LogP contribution in [-0.4, -0.2) is 43.7 Å². The molecule has 21 heavy (non-hydrogen) atoms. The molecule has 2 heterocycles. The molecule has 116 valence electrons. The SMILES string of the molecule is CCNCc1ccc(Cl)cc1N1CCC(N2CCCC2)C1. The largest absolute Gasteiger partial charge is 0.370 e. The number of nitrogens with one attached hydrogen (secondary N) is 1. The Kier molecular flexibility index (Phi) is 5.04. The topological polar surface area (TPSA) is 18.5 Å². The highest BCUT2D eigenvalue weighted by molar-refractivity contribution is 6.30. The third kappa shape index (κ3) is 3.53. The average molecular weight is 308 g/mol. The molecule has 0 bridgehead atoms. The van der Waals surface area contributed by atoms with Crippen molar-refractivity contribution in [2.75, 3.05) is 37.6 Å². The number of anilines is 1. The Bertz CT molecular complexity index is 471. The molecule has 2 fully saturated rings. The van der Waals surface area contributed by atoms with Gasteiger partial charge in [0.2, 0.25) is 0 Å². The molecule has 2 aliphatic heterocycles. The summed E-state index contributed by atoms with van der Waals surface area (Å²) in [6, 6.07) is 7.05. The maximum Gasteiger partial charge on any atom is 0.0427 e. The molecule has 3 nitrogen and oxygen atoms in total. The van der Waals surface area contributed by atoms with Crippen LogP contribution >= 0.6 is 11.6 Å². The Morgan fingerprint density at radius 2 is 2.05 bits per heavy atom. The molecule has 0 spiro atoms. The van der Waals surface area contributed by atoms with Crippen LogP contribution in [0, 0.1) is 0 Å². The second-order valence-corrected chi connectivity index (χ2v) is 6.62. The zero-order chi connectivity index (χ0) is 14.7. The van der Waals surface area contributed by atoms with E-state index < -0.39 is 0 Å². The standard InChI is InChI=1S/C17H26ClN3/c1-2-19-12-14-5-6-15(18)11-17(14)21-10-7-16(13-21)20-8-3-4-9-20/h5-6,11,16,19H,2-4,7-10,12-13H2,1H3. The van der Waals surface area contributed by atoms with Crippen LogP contribution in [0.3, 0.4) is 0 Å². The quantitative estimate of drug-likeness (QED) is 0.901. The van der Waals surface area contributed by atoms with Crippen LogP contribution in [-0.2, 0) is 6.54 Å². The van der Waals surface area contributed by atoms with E-state index in [0.29, 0.717) is 0 Å². The van der Waals surface area contributed by atoms with Crippen molar-refractivity contribution in [3.05, 3.63) is 28.8 Å². The first-order valence-electron chi connectivity index (χ1n) is 8.26. The molecule has 1 aromatic carbocycles. The van der Waals surface area contributed by atoms with E-state index in [1.807, 2.05) is 6.07 Å². The van der Waals surface area contributed by atoms with Gasteiger partial charge >= 0.3 is 0 Å². The van der Waals surface area contributed by atoms with Crippen LogP contribution in [0.15, 0.2) is 18.2 Å². The maximum absolute atomic E-state index is 6.24. The fraction of sp³-hybridized carbons (Fsp3) is 0.647. The first-order chi connectivity index (χ1) is 10.3. The van der Waals surface area contributed by atoms with Gasteiger partial charge in [-0.15, -0.1) is 0 Å². The summed E-state index contributed by atoms with van der Waals surface area (Å²) in [4.78, 5) is 5.20. The molecule has 0 aromatic heterocycles. The Morgan fingerprint density at radius 3 is 2.81 bits per heavy atom. The highest BCUT2D eigenvalue weighted by atomic mass is 35.5. The van der Waals surface area contributed by atoms with Crippen molar-refractivity contribution in [3.8, 4) is 0 Å². The van der Waals surface area contributed by atoms with Crippen LogP contribution in [0.4, 0.5) is 5.69 Å². The Labute approximate surface area is 133 Å². The van der Waals surface area contributed by atoms with Gasteiger partial charge in [0.05, 0.1) is 0 Å². The van der Waals surface area contributed by atoms with Crippen molar-refractivity contribution in [2.24, 2.45) is 0 Å². The lowest BCUT2D eigenvalue weighted by Crippen LogP contribution is -2.35. The lowest BCUT2D eigenvalue weighted by atomic mass is 10.1. The van der Waals surface area contributed by atoms with Gasteiger partial charge in [0.25, 0.3) is 0 Å². The number of hydrogen-bond donors (Lipinski definition) is 1. The summed E-state index contributed by atoms with van der Waals surface area (Å²) >= 11 is 6.24. The summed E-state index contributed by atoms with van der Waals surface area (Å²) in [6.07, 6.45) is 4.03. The number of nitrogens with zero attached hydrogens (tertiary/aromatic N) is 2. The van der Waals surface area contributed by atoms with Crippen molar-refractivity contribution >= 4 is 17.3 Å². The van der Waals surface area contributed by atoms with Gasteiger partial charge in [-0.25, -0.2) is 0 Å². The predicted molar refractivity (Wildman–Crippen MR) is 90.3 cm³/mol. The Balaban J connectivity index is 1.72. The van der Waals surface area contributed by atoms with Crippen LogP contribution < -0.4 is 10.2 Å². The summed E-state index contributed by atoms with van der Waals surface area (Å²) in [5, 5.41) is 4.28. The minimum Gasteiger partial charge on any atom is -0.370 e. The predicted octanol–water partition coefficient (Wildman–Crippen LogP) is 3.12. The molecule has 1 unspecified atom stereocenters. The van der Waals surface area contributed by atoms with E-state index >= 15 is 0 Å². The Morgan fingerprint density at radius 1 is 1.24 bits per heavy atom. The lowest BCUT2D eigenvalue weighted by Gasteiger charge is -2.26. The summed E-state index contributed by atoms with van der Waals surface area (Å²) < 4.78 is 0. The molecule has 0 saturated carbocycles. The summed E-state index contributed by atoms with van der Waals surface area (Å²) in [6.45, 7) is 8.96. The summed E-state index contributed by atoms with van der Waals surface area (Å²) in [5.74, 6) is 0. The van der Waals surface area contributed by atoms with Gasteiger partial charge in [0.15, 0.2) is 0 Å². The fourth-order valence-electron chi connectivity index (χ4n) is 3.61. The number of halogens is 1. The molecule has 2 aliphatic rings. The van der Waals surface area contributed by atoms with Crippen molar-refractivity contribution in [3.63, 3.8) is 0 Å². The van der Waals surface area contributed by atoms with Crippen LogP contribution in [0.2, 0.25) is 5.02 Å². The summed E-state index contributed by atoms with van der Waals surface area (Å²) in [5.41, 5.74) is 2.69. The van der Waals surface area contributed by atoms with Crippen LogP contribution in [0.5, 0.6) is 0 Å². The van der Waals surface area contributed by atoms with Crippen molar-refractivity contribution in [1.29, 1.82) is 0 Å². The molecule has 4 heteroatoms. The van der Waals surface area contributed by atoms with Gasteiger partial charge in [0, 0.05) is 36.4 Å². The minimum absolute atomic E-state index is 0.735. The fourth-order valence-corrected chi connectivity index (χ4v) is 3.77. The zero-order valence-electron chi connectivity index (χ0n) is 12.9. The van der Waals surface area contributed by atoms with E-state index in [9.17, 15) is 0 Å². The van der Waals surface area contributed by atoms with Crippen molar-refractivity contribution < 1.29 is 0 Å². The lowest BCUT2D eigenvalue weighted by molar-refractivity contribution is 0.260. The smallest absolute Gasteiger partial charge is 0.0427 e. The molecule has 1 aromatic rings.